The summed E-state index contributed by atoms with van der Waals surface area (Å²) in [5.41, 5.74) is -1.56. The maximum Gasteiger partial charge on any atom is 0.302 e. The predicted octanol–water partition coefficient (Wildman–Crippen LogP) is 3.63. The van der Waals surface area contributed by atoms with E-state index in [0.717, 1.165) is 32.1 Å². The third-order valence-electron chi connectivity index (χ3n) is 10.5. The molecule has 1 N–H and O–H groups in total. The fraction of sp³-hybridized carbons (Fsp3) is 0.920. The Morgan fingerprint density at radius 2 is 1.77 bits per heavy atom. The van der Waals surface area contributed by atoms with Gasteiger partial charge in [-0.1, -0.05) is 13.8 Å². The van der Waals surface area contributed by atoms with Crippen LogP contribution in [0.25, 0.3) is 0 Å². The van der Waals surface area contributed by atoms with Gasteiger partial charge in [-0.2, -0.15) is 0 Å². The monoisotopic (exact) mass is 434 g/mol. The molecule has 0 unspecified atom stereocenters. The molecule has 5 rings (SSSR count). The van der Waals surface area contributed by atoms with E-state index in [9.17, 15) is 14.7 Å². The number of rotatable bonds is 2. The molecule has 1 saturated heterocycles. The minimum atomic E-state index is -0.936. The van der Waals surface area contributed by atoms with Crippen molar-refractivity contribution in [3.8, 4) is 0 Å². The van der Waals surface area contributed by atoms with Crippen molar-refractivity contribution in [2.24, 2.45) is 34.5 Å². The van der Waals surface area contributed by atoms with Gasteiger partial charge in [-0.3, -0.25) is 9.59 Å². The van der Waals surface area contributed by atoms with Gasteiger partial charge in [0.2, 0.25) is 0 Å². The molecule has 31 heavy (non-hydrogen) atoms. The predicted molar refractivity (Wildman–Crippen MR) is 113 cm³/mol. The van der Waals surface area contributed by atoms with Crippen LogP contribution in [0.1, 0.15) is 79.1 Å². The van der Waals surface area contributed by atoms with Crippen molar-refractivity contribution in [2.75, 3.05) is 13.2 Å². The Labute approximate surface area is 185 Å². The highest BCUT2D eigenvalue weighted by atomic mass is 16.7. The molecule has 1 aliphatic heterocycles. The van der Waals surface area contributed by atoms with Crippen molar-refractivity contribution >= 4 is 11.8 Å². The molecule has 0 aromatic heterocycles. The number of carbonyl (C=O) groups is 2. The number of aliphatic hydroxyl groups is 1. The fourth-order valence-corrected chi connectivity index (χ4v) is 8.90. The molecule has 5 fully saturated rings. The van der Waals surface area contributed by atoms with Crippen molar-refractivity contribution in [1.82, 2.24) is 0 Å². The van der Waals surface area contributed by atoms with Crippen LogP contribution in [0.3, 0.4) is 0 Å². The van der Waals surface area contributed by atoms with Gasteiger partial charge in [0, 0.05) is 31.1 Å². The van der Waals surface area contributed by atoms with Crippen LogP contribution >= 0.6 is 0 Å². The van der Waals surface area contributed by atoms with Gasteiger partial charge in [0.25, 0.3) is 0 Å². The summed E-state index contributed by atoms with van der Waals surface area (Å²) in [6.07, 6.45) is 5.93. The van der Waals surface area contributed by atoms with Gasteiger partial charge in [0.05, 0.1) is 18.8 Å². The maximum atomic E-state index is 12.5. The maximum absolute atomic E-state index is 12.5. The van der Waals surface area contributed by atoms with Crippen LogP contribution < -0.4 is 0 Å². The van der Waals surface area contributed by atoms with Gasteiger partial charge in [0.1, 0.15) is 11.9 Å². The zero-order valence-electron chi connectivity index (χ0n) is 19.4. The van der Waals surface area contributed by atoms with E-state index in [2.05, 4.69) is 13.8 Å². The lowest BCUT2D eigenvalue weighted by Crippen LogP contribution is -2.69. The molecular weight excluding hydrogens is 396 g/mol. The minimum absolute atomic E-state index is 0.00856. The quantitative estimate of drug-likeness (QED) is 0.669. The van der Waals surface area contributed by atoms with E-state index in [1.807, 2.05) is 6.92 Å². The van der Waals surface area contributed by atoms with Crippen molar-refractivity contribution < 1.29 is 28.9 Å². The smallest absolute Gasteiger partial charge is 0.302 e. The second-order valence-electron chi connectivity index (χ2n) is 11.6. The number of hydrogen-bond acceptors (Lipinski definition) is 6. The Balaban J connectivity index is 1.57. The molecule has 0 spiro atoms. The largest absolute Gasteiger partial charge is 0.462 e. The van der Waals surface area contributed by atoms with E-state index in [4.69, 9.17) is 14.2 Å². The Bertz CT molecular complexity index is 774. The van der Waals surface area contributed by atoms with Crippen molar-refractivity contribution in [3.05, 3.63) is 0 Å². The lowest BCUT2D eigenvalue weighted by atomic mass is 9.42. The van der Waals surface area contributed by atoms with Gasteiger partial charge < -0.3 is 19.3 Å². The van der Waals surface area contributed by atoms with Gasteiger partial charge in [-0.05, 0) is 68.6 Å². The number of ether oxygens (including phenoxy) is 3. The lowest BCUT2D eigenvalue weighted by molar-refractivity contribution is -0.285. The highest BCUT2D eigenvalue weighted by Crippen LogP contribution is 2.70. The van der Waals surface area contributed by atoms with Crippen LogP contribution in [-0.2, 0) is 23.8 Å². The van der Waals surface area contributed by atoms with E-state index < -0.39 is 16.8 Å². The molecule has 0 amide bonds. The van der Waals surface area contributed by atoms with Crippen molar-refractivity contribution in [3.63, 3.8) is 0 Å². The first-order valence-corrected chi connectivity index (χ1v) is 12.2. The van der Waals surface area contributed by atoms with E-state index in [1.54, 1.807) is 0 Å². The van der Waals surface area contributed by atoms with Gasteiger partial charge in [-0.15, -0.1) is 0 Å². The summed E-state index contributed by atoms with van der Waals surface area (Å²) in [5.74, 6) is 0.0394. The van der Waals surface area contributed by atoms with Gasteiger partial charge in [0.15, 0.2) is 5.79 Å². The van der Waals surface area contributed by atoms with Gasteiger partial charge in [-0.25, -0.2) is 0 Å². The Kier molecular flexibility index (Phi) is 4.94. The average molecular weight is 435 g/mol. The molecule has 4 aliphatic carbocycles. The Morgan fingerprint density at radius 3 is 2.45 bits per heavy atom. The summed E-state index contributed by atoms with van der Waals surface area (Å²) in [5, 5.41) is 12.5. The molecule has 4 saturated carbocycles. The molecule has 5 aliphatic rings. The first kappa shape index (κ1) is 21.8. The van der Waals surface area contributed by atoms with Crippen molar-refractivity contribution in [2.45, 2.75) is 96.6 Å². The number of esters is 1. The molecule has 0 radical (unpaired) electrons. The number of Topliss-reactive ketones (excluding diaryl/α,β-unsaturated/α-hetero) is 1. The third kappa shape index (κ3) is 2.86. The zero-order valence-corrected chi connectivity index (χ0v) is 19.4. The molecule has 6 nitrogen and oxygen atoms in total. The summed E-state index contributed by atoms with van der Waals surface area (Å²) < 4.78 is 18.2. The van der Waals surface area contributed by atoms with E-state index in [-0.39, 0.29) is 35.2 Å². The highest BCUT2D eigenvalue weighted by Gasteiger charge is 2.74. The summed E-state index contributed by atoms with van der Waals surface area (Å²) in [6, 6.07) is 0. The molecule has 6 heteroatoms. The second-order valence-corrected chi connectivity index (χ2v) is 11.6. The second kappa shape index (κ2) is 7.01. The minimum Gasteiger partial charge on any atom is -0.462 e. The van der Waals surface area contributed by atoms with Crippen LogP contribution in [0.15, 0.2) is 0 Å². The van der Waals surface area contributed by atoms with Crippen LogP contribution in [0.4, 0.5) is 0 Å². The van der Waals surface area contributed by atoms with Gasteiger partial charge >= 0.3 is 5.97 Å². The zero-order chi connectivity index (χ0) is 22.2. The van der Waals surface area contributed by atoms with E-state index in [1.165, 1.54) is 6.92 Å². The normalized spacial score (nSPS) is 51.0. The summed E-state index contributed by atoms with van der Waals surface area (Å²) in [4.78, 5) is 24.4. The Morgan fingerprint density at radius 1 is 1.06 bits per heavy atom. The number of fused-ring (bicyclic) bond motifs is 5. The molecule has 0 aromatic rings. The van der Waals surface area contributed by atoms with Crippen LogP contribution in [0, 0.1) is 34.5 Å². The van der Waals surface area contributed by atoms with E-state index in [0.29, 0.717) is 44.2 Å². The topological polar surface area (TPSA) is 82.1 Å². The fourth-order valence-electron chi connectivity index (χ4n) is 8.90. The third-order valence-corrected chi connectivity index (χ3v) is 10.5. The van der Waals surface area contributed by atoms with Crippen LogP contribution in [0.2, 0.25) is 0 Å². The summed E-state index contributed by atoms with van der Waals surface area (Å²) in [7, 11) is 0. The molecule has 174 valence electrons. The number of hydrogen-bond donors (Lipinski definition) is 1. The Hall–Kier alpha value is -0.980. The molecular formula is C25H38O6. The van der Waals surface area contributed by atoms with Crippen LogP contribution in [0.5, 0.6) is 0 Å². The highest BCUT2D eigenvalue weighted by molar-refractivity contribution is 5.79. The van der Waals surface area contributed by atoms with E-state index >= 15 is 0 Å². The average Bonchev–Trinajstić information content (AvgIpc) is 3.25. The summed E-state index contributed by atoms with van der Waals surface area (Å²) >= 11 is 0. The lowest BCUT2D eigenvalue weighted by Gasteiger charge is -2.65. The first-order valence-electron chi connectivity index (χ1n) is 12.2. The summed E-state index contributed by atoms with van der Waals surface area (Å²) in [6.45, 7) is 9.01. The number of carbonyl (C=O) groups excluding carboxylic acids is 2. The molecule has 8 atom stereocenters. The van der Waals surface area contributed by atoms with Crippen LogP contribution in [-0.4, -0.2) is 47.6 Å². The standard InChI is InChI=1S/C25H38O6/c1-15(26)31-21-14-19-18(6-5-16-13-17(27)7-9-22(16,19)2)25(28)10-8-20(23(21,25)3)24(4)29-11-12-30-24/h16,18-21,28H,5-14H2,1-4H3/t16-,18-,19+,20+,21-,22+,23+,25+/m1/s1. The van der Waals surface area contributed by atoms with Crippen molar-refractivity contribution in [1.29, 1.82) is 0 Å². The SMILES string of the molecule is CC(=O)O[C@@H]1C[C@H]2[C@@H](CC[C@@H]3CC(=O)CC[C@@]32C)[C@@]2(O)CC[C@H](C3(C)OCCO3)[C@@]12C. The number of ketones is 1. The molecule has 0 aromatic carbocycles. The first-order chi connectivity index (χ1) is 14.5. The molecule has 1 heterocycles. The molecule has 0 bridgehead atoms.